The summed E-state index contributed by atoms with van der Waals surface area (Å²) in [5.74, 6) is 1.19. The van der Waals surface area contributed by atoms with Gasteiger partial charge in [-0.3, -0.25) is 14.9 Å². The molecule has 2 aromatic carbocycles. The number of hydrogen-bond acceptors (Lipinski definition) is 5. The highest BCUT2D eigenvalue weighted by molar-refractivity contribution is 6.32. The molecule has 1 aromatic heterocycles. The minimum Gasteiger partial charge on any atom is -0.486 e. The first kappa shape index (κ1) is 19.3. The van der Waals surface area contributed by atoms with E-state index in [2.05, 4.69) is 4.98 Å². The molecule has 0 aliphatic heterocycles. The van der Waals surface area contributed by atoms with Crippen LogP contribution in [0.4, 0.5) is 5.69 Å². The van der Waals surface area contributed by atoms with Crippen molar-refractivity contribution in [1.29, 1.82) is 0 Å². The quantitative estimate of drug-likeness (QED) is 0.254. The third-order valence-corrected chi connectivity index (χ3v) is 4.34. The number of ether oxygens (including phenoxy) is 1. The average molecular weight is 398 g/mol. The van der Waals surface area contributed by atoms with E-state index >= 15 is 0 Å². The van der Waals surface area contributed by atoms with E-state index < -0.39 is 4.92 Å². The largest absolute Gasteiger partial charge is 0.486 e. The van der Waals surface area contributed by atoms with Crippen molar-refractivity contribution in [1.82, 2.24) is 9.55 Å². The number of rotatable bonds is 7. The van der Waals surface area contributed by atoms with E-state index in [0.717, 1.165) is 5.82 Å². The fraction of sp³-hybridized carbons (Fsp3) is 0.100. The van der Waals surface area contributed by atoms with Gasteiger partial charge >= 0.3 is 0 Å². The van der Waals surface area contributed by atoms with Crippen LogP contribution in [0.15, 0.2) is 60.9 Å². The number of aromatic nitrogens is 2. The van der Waals surface area contributed by atoms with Gasteiger partial charge in [0.05, 0.1) is 4.92 Å². The summed E-state index contributed by atoms with van der Waals surface area (Å²) in [6.45, 7) is 0.325. The zero-order valence-corrected chi connectivity index (χ0v) is 15.7. The lowest BCUT2D eigenvalue weighted by Gasteiger charge is -2.06. The predicted molar refractivity (Wildman–Crippen MR) is 105 cm³/mol. The van der Waals surface area contributed by atoms with Crippen LogP contribution in [-0.2, 0) is 13.7 Å². The second-order valence-corrected chi connectivity index (χ2v) is 6.34. The third kappa shape index (κ3) is 4.63. The van der Waals surface area contributed by atoms with Crippen LogP contribution in [0.5, 0.6) is 5.75 Å². The minimum absolute atomic E-state index is 0.0506. The molecule has 142 valence electrons. The van der Waals surface area contributed by atoms with Crippen molar-refractivity contribution in [2.45, 2.75) is 6.61 Å². The van der Waals surface area contributed by atoms with E-state index in [0.29, 0.717) is 23.5 Å². The number of aryl methyl sites for hydroxylation is 1. The Morgan fingerprint density at radius 2 is 2.04 bits per heavy atom. The maximum absolute atomic E-state index is 12.3. The molecular weight excluding hydrogens is 382 g/mol. The van der Waals surface area contributed by atoms with Crippen molar-refractivity contribution in [2.75, 3.05) is 0 Å². The smallest absolute Gasteiger partial charge is 0.288 e. The normalized spacial score (nSPS) is 10.9. The fourth-order valence-electron chi connectivity index (χ4n) is 2.44. The first-order valence-electron chi connectivity index (χ1n) is 8.29. The minimum atomic E-state index is -0.564. The van der Waals surface area contributed by atoms with Crippen molar-refractivity contribution in [3.05, 3.63) is 93.0 Å². The highest BCUT2D eigenvalue weighted by atomic mass is 35.5. The van der Waals surface area contributed by atoms with Crippen molar-refractivity contribution >= 4 is 29.1 Å². The Balaban J connectivity index is 1.64. The topological polar surface area (TPSA) is 87.3 Å². The van der Waals surface area contributed by atoms with Gasteiger partial charge in [-0.25, -0.2) is 4.98 Å². The van der Waals surface area contributed by atoms with Crippen LogP contribution >= 0.6 is 11.6 Å². The monoisotopic (exact) mass is 397 g/mol. The van der Waals surface area contributed by atoms with Gasteiger partial charge in [0.15, 0.2) is 5.78 Å². The SMILES string of the molecule is Cn1ccnc1COc1ccc(C(=O)C=Cc2ccc(Cl)c([N+](=O)[O-])c2)cc1. The fourth-order valence-corrected chi connectivity index (χ4v) is 2.63. The van der Waals surface area contributed by atoms with E-state index in [1.807, 2.05) is 17.8 Å². The van der Waals surface area contributed by atoms with Gasteiger partial charge in [-0.05, 0) is 42.0 Å². The molecule has 0 amide bonds. The Labute approximate surface area is 166 Å². The number of carbonyl (C=O) groups is 1. The van der Waals surface area contributed by atoms with Gasteiger partial charge in [-0.15, -0.1) is 0 Å². The zero-order valence-electron chi connectivity index (χ0n) is 14.9. The molecule has 8 heteroatoms. The number of nitro groups is 1. The van der Waals surface area contributed by atoms with Gasteiger partial charge in [-0.2, -0.15) is 0 Å². The first-order chi connectivity index (χ1) is 13.4. The number of hydrogen-bond donors (Lipinski definition) is 0. The number of nitrogens with zero attached hydrogens (tertiary/aromatic N) is 3. The molecule has 0 N–H and O–H groups in total. The molecule has 0 unspecified atom stereocenters. The zero-order chi connectivity index (χ0) is 20.1. The van der Waals surface area contributed by atoms with Gasteiger partial charge < -0.3 is 9.30 Å². The molecule has 28 heavy (non-hydrogen) atoms. The Morgan fingerprint density at radius 1 is 1.29 bits per heavy atom. The van der Waals surface area contributed by atoms with Gasteiger partial charge in [-0.1, -0.05) is 23.7 Å². The van der Waals surface area contributed by atoms with Gasteiger partial charge in [0.25, 0.3) is 5.69 Å². The molecule has 3 rings (SSSR count). The first-order valence-corrected chi connectivity index (χ1v) is 8.67. The number of benzene rings is 2. The number of nitro benzene ring substituents is 1. The molecule has 0 fully saturated rings. The summed E-state index contributed by atoms with van der Waals surface area (Å²) in [4.78, 5) is 26.8. The molecule has 1 heterocycles. The molecule has 0 aliphatic carbocycles. The van der Waals surface area contributed by atoms with Crippen molar-refractivity contribution in [3.8, 4) is 5.75 Å². The van der Waals surface area contributed by atoms with Crippen LogP contribution in [0.1, 0.15) is 21.7 Å². The maximum Gasteiger partial charge on any atom is 0.288 e. The highest BCUT2D eigenvalue weighted by Gasteiger charge is 2.12. The molecule has 0 saturated heterocycles. The Hall–Kier alpha value is -3.45. The van der Waals surface area contributed by atoms with E-state index in [9.17, 15) is 14.9 Å². The summed E-state index contributed by atoms with van der Waals surface area (Å²) in [5, 5.41) is 11.0. The molecule has 7 nitrogen and oxygen atoms in total. The summed E-state index contributed by atoms with van der Waals surface area (Å²) in [5.41, 5.74) is 0.786. The standard InChI is InChI=1S/C20H16ClN3O4/c1-23-11-10-22-20(23)13-28-16-6-4-15(5-7-16)19(25)9-3-14-2-8-17(21)18(12-14)24(26)27/h2-12H,13H2,1H3. The Bertz CT molecular complexity index is 1040. The van der Waals surface area contributed by atoms with Crippen LogP contribution in [0.25, 0.3) is 6.08 Å². The van der Waals surface area contributed by atoms with E-state index in [4.69, 9.17) is 16.3 Å². The van der Waals surface area contributed by atoms with E-state index in [1.54, 1.807) is 36.5 Å². The molecule has 0 spiro atoms. The van der Waals surface area contributed by atoms with Crippen molar-refractivity contribution in [3.63, 3.8) is 0 Å². The lowest BCUT2D eigenvalue weighted by Crippen LogP contribution is -2.03. The van der Waals surface area contributed by atoms with Crippen LogP contribution in [-0.4, -0.2) is 20.3 Å². The number of allylic oxidation sites excluding steroid dienone is 1. The molecule has 0 saturated carbocycles. The summed E-state index contributed by atoms with van der Waals surface area (Å²) in [6.07, 6.45) is 6.40. The average Bonchev–Trinajstić information content (AvgIpc) is 3.10. The van der Waals surface area contributed by atoms with Gasteiger partial charge in [0, 0.05) is 31.1 Å². The van der Waals surface area contributed by atoms with Gasteiger partial charge in [0.1, 0.15) is 23.2 Å². The molecule has 0 aliphatic rings. The second-order valence-electron chi connectivity index (χ2n) is 5.93. The van der Waals surface area contributed by atoms with Crippen molar-refractivity contribution < 1.29 is 14.5 Å². The summed E-state index contributed by atoms with van der Waals surface area (Å²) in [7, 11) is 1.88. The molecule has 3 aromatic rings. The van der Waals surface area contributed by atoms with Crippen LogP contribution in [0, 0.1) is 10.1 Å². The van der Waals surface area contributed by atoms with Crippen LogP contribution in [0.2, 0.25) is 5.02 Å². The van der Waals surface area contributed by atoms with Gasteiger partial charge in [0.2, 0.25) is 0 Å². The van der Waals surface area contributed by atoms with Crippen LogP contribution in [0.3, 0.4) is 0 Å². The summed E-state index contributed by atoms with van der Waals surface area (Å²) in [6, 6.07) is 11.1. The third-order valence-electron chi connectivity index (χ3n) is 4.02. The number of imidazole rings is 1. The van der Waals surface area contributed by atoms with E-state index in [1.165, 1.54) is 24.3 Å². The van der Waals surface area contributed by atoms with Crippen molar-refractivity contribution in [2.24, 2.45) is 7.05 Å². The number of carbonyl (C=O) groups excluding carboxylic acids is 1. The number of ketones is 1. The molecular formula is C20H16ClN3O4. The highest BCUT2D eigenvalue weighted by Crippen LogP contribution is 2.25. The van der Waals surface area contributed by atoms with E-state index in [-0.39, 0.29) is 16.5 Å². The predicted octanol–water partition coefficient (Wildman–Crippen LogP) is 4.46. The molecule has 0 bridgehead atoms. The lowest BCUT2D eigenvalue weighted by atomic mass is 10.1. The summed E-state index contributed by atoms with van der Waals surface area (Å²) < 4.78 is 7.52. The molecule has 0 radical (unpaired) electrons. The number of halogens is 1. The van der Waals surface area contributed by atoms with Crippen LogP contribution < -0.4 is 4.74 Å². The molecule has 0 atom stereocenters. The lowest BCUT2D eigenvalue weighted by molar-refractivity contribution is -0.384. The second kappa shape index (κ2) is 8.49. The maximum atomic E-state index is 12.3. The Kier molecular flexibility index (Phi) is 5.86. The summed E-state index contributed by atoms with van der Waals surface area (Å²) >= 11 is 5.78. The Morgan fingerprint density at radius 3 is 2.68 bits per heavy atom.